The molecule has 2 rings (SSSR count). The summed E-state index contributed by atoms with van der Waals surface area (Å²) in [6.07, 6.45) is 0.794. The molecule has 0 amide bonds. The van der Waals surface area contributed by atoms with Gasteiger partial charge >= 0.3 is 5.97 Å². The smallest absolute Gasteiger partial charge is 0.323 e. The second-order valence-electron chi connectivity index (χ2n) is 4.95. The van der Waals surface area contributed by atoms with Crippen molar-refractivity contribution in [2.24, 2.45) is 0 Å². The van der Waals surface area contributed by atoms with Crippen LogP contribution < -0.4 is 4.90 Å². The monoisotopic (exact) mass is 248 g/mol. The lowest BCUT2D eigenvalue weighted by Gasteiger charge is -2.22. The van der Waals surface area contributed by atoms with Crippen LogP contribution >= 0.6 is 0 Å². The first-order chi connectivity index (χ1) is 8.58. The zero-order chi connectivity index (χ0) is 13.1. The minimum Gasteiger partial charge on any atom is -0.464 e. The number of ether oxygens (including phenoxy) is 1. The van der Waals surface area contributed by atoms with Crippen LogP contribution in [0.4, 0.5) is 5.69 Å². The summed E-state index contributed by atoms with van der Waals surface area (Å²) in [4.78, 5) is 15.6. The molecule has 1 aromatic rings. The highest BCUT2D eigenvalue weighted by molar-refractivity contribution is 5.77. The number of likely N-dealkylation sites (N-methyl/N-ethyl adjacent to an activating group) is 1. The summed E-state index contributed by atoms with van der Waals surface area (Å²) >= 11 is 0. The van der Waals surface area contributed by atoms with E-state index in [0.717, 1.165) is 13.0 Å². The minimum absolute atomic E-state index is 0.0898. The Bertz CT molecular complexity index is 432. The van der Waals surface area contributed by atoms with Crippen LogP contribution in [0.15, 0.2) is 24.3 Å². The van der Waals surface area contributed by atoms with E-state index >= 15 is 0 Å². The molecule has 1 aliphatic heterocycles. The molecule has 98 valence electrons. The Morgan fingerprint density at radius 3 is 2.72 bits per heavy atom. The van der Waals surface area contributed by atoms with Crippen molar-refractivity contribution in [3.05, 3.63) is 29.8 Å². The van der Waals surface area contributed by atoms with Gasteiger partial charge in [0.15, 0.2) is 0 Å². The van der Waals surface area contributed by atoms with E-state index in [-0.39, 0.29) is 12.0 Å². The van der Waals surface area contributed by atoms with E-state index < -0.39 is 0 Å². The van der Waals surface area contributed by atoms with Crippen LogP contribution in [0.2, 0.25) is 0 Å². The molecule has 4 nitrogen and oxygen atoms in total. The number of rotatable bonds is 4. The lowest BCUT2D eigenvalue weighted by atomic mass is 10.1. The van der Waals surface area contributed by atoms with Crippen molar-refractivity contribution in [3.8, 4) is 0 Å². The molecule has 0 aromatic heterocycles. The van der Waals surface area contributed by atoms with E-state index in [2.05, 4.69) is 28.0 Å². The number of esters is 1. The molecule has 1 fully saturated rings. The summed E-state index contributed by atoms with van der Waals surface area (Å²) in [5, 5.41) is 0. The Hall–Kier alpha value is -1.55. The summed E-state index contributed by atoms with van der Waals surface area (Å²) in [5.41, 5.74) is 2.39. The van der Waals surface area contributed by atoms with Gasteiger partial charge in [0.25, 0.3) is 0 Å². The van der Waals surface area contributed by atoms with Crippen LogP contribution in [0.3, 0.4) is 0 Å². The van der Waals surface area contributed by atoms with Gasteiger partial charge in [-0.15, -0.1) is 0 Å². The maximum Gasteiger partial charge on any atom is 0.323 e. The van der Waals surface area contributed by atoms with Crippen molar-refractivity contribution in [2.45, 2.75) is 19.0 Å². The van der Waals surface area contributed by atoms with Crippen LogP contribution in [-0.2, 0) is 16.1 Å². The van der Waals surface area contributed by atoms with E-state index in [4.69, 9.17) is 4.74 Å². The van der Waals surface area contributed by atoms with Gasteiger partial charge in [0.05, 0.1) is 6.61 Å². The average molecular weight is 248 g/mol. The summed E-state index contributed by atoms with van der Waals surface area (Å²) in [6.45, 7) is 1.31. The van der Waals surface area contributed by atoms with Gasteiger partial charge in [-0.2, -0.15) is 0 Å². The number of benzene rings is 1. The molecule has 4 heteroatoms. The topological polar surface area (TPSA) is 32.8 Å². The zero-order valence-electron chi connectivity index (χ0n) is 11.2. The Balaban J connectivity index is 2.04. The highest BCUT2D eigenvalue weighted by Gasteiger charge is 2.29. The van der Waals surface area contributed by atoms with Gasteiger partial charge in [0, 0.05) is 32.7 Å². The van der Waals surface area contributed by atoms with Gasteiger partial charge in [-0.25, -0.2) is 0 Å². The largest absolute Gasteiger partial charge is 0.464 e. The Labute approximate surface area is 108 Å². The van der Waals surface area contributed by atoms with Crippen molar-refractivity contribution >= 4 is 11.7 Å². The van der Waals surface area contributed by atoms with Crippen LogP contribution in [0.25, 0.3) is 0 Å². The number of hydrogen-bond acceptors (Lipinski definition) is 4. The third-order valence-electron chi connectivity index (χ3n) is 3.30. The van der Waals surface area contributed by atoms with Crippen LogP contribution in [-0.4, -0.2) is 44.7 Å². The average Bonchev–Trinajstić information content (AvgIpc) is 2.76. The first kappa shape index (κ1) is 12.9. The molecule has 0 saturated carbocycles. The fourth-order valence-electron chi connectivity index (χ4n) is 2.22. The van der Waals surface area contributed by atoms with Crippen LogP contribution in [0, 0.1) is 0 Å². The highest BCUT2D eigenvalue weighted by atomic mass is 16.5. The first-order valence-electron chi connectivity index (χ1n) is 6.21. The predicted molar refractivity (Wildman–Crippen MR) is 71.6 cm³/mol. The molecule has 1 aliphatic rings. The van der Waals surface area contributed by atoms with Gasteiger partial charge in [0.2, 0.25) is 0 Å². The van der Waals surface area contributed by atoms with E-state index in [1.54, 1.807) is 0 Å². The maximum atomic E-state index is 11.5. The number of cyclic esters (lactones) is 1. The summed E-state index contributed by atoms with van der Waals surface area (Å²) in [6, 6.07) is 8.27. The lowest BCUT2D eigenvalue weighted by molar-refractivity contribution is -0.142. The molecule has 1 saturated heterocycles. The minimum atomic E-state index is -0.0961. The lowest BCUT2D eigenvalue weighted by Crippen LogP contribution is -2.34. The molecule has 1 heterocycles. The van der Waals surface area contributed by atoms with Crippen LogP contribution in [0.1, 0.15) is 12.0 Å². The summed E-state index contributed by atoms with van der Waals surface area (Å²) in [5.74, 6) is -0.0961. The number of hydrogen-bond donors (Lipinski definition) is 0. The third-order valence-corrected chi connectivity index (χ3v) is 3.30. The Morgan fingerprint density at radius 1 is 1.33 bits per heavy atom. The molecule has 1 atom stereocenters. The third kappa shape index (κ3) is 2.82. The van der Waals surface area contributed by atoms with E-state index in [9.17, 15) is 4.79 Å². The number of anilines is 1. The van der Waals surface area contributed by atoms with Gasteiger partial charge in [-0.3, -0.25) is 9.69 Å². The molecule has 18 heavy (non-hydrogen) atoms. The zero-order valence-corrected chi connectivity index (χ0v) is 11.2. The molecule has 0 N–H and O–H groups in total. The van der Waals surface area contributed by atoms with Gasteiger partial charge in [0.1, 0.15) is 6.04 Å². The molecule has 0 radical (unpaired) electrons. The molecular weight excluding hydrogens is 228 g/mol. The molecule has 1 aromatic carbocycles. The SMILES string of the molecule is CN(C)c1cccc(CN(C)[C@@H]2CCOC2=O)c1. The van der Waals surface area contributed by atoms with E-state index in [1.165, 1.54) is 11.3 Å². The predicted octanol–water partition coefficient (Wildman–Crippen LogP) is 1.50. The number of carbonyl (C=O) groups excluding carboxylic acids is 1. The van der Waals surface area contributed by atoms with Gasteiger partial charge in [-0.1, -0.05) is 12.1 Å². The quantitative estimate of drug-likeness (QED) is 0.756. The van der Waals surface area contributed by atoms with Gasteiger partial charge in [-0.05, 0) is 24.7 Å². The van der Waals surface area contributed by atoms with Crippen molar-refractivity contribution in [2.75, 3.05) is 32.6 Å². The second-order valence-corrected chi connectivity index (χ2v) is 4.95. The highest BCUT2D eigenvalue weighted by Crippen LogP contribution is 2.18. The fourth-order valence-corrected chi connectivity index (χ4v) is 2.22. The normalized spacial score (nSPS) is 19.1. The molecular formula is C14H20N2O2. The second kappa shape index (κ2) is 5.40. The Morgan fingerprint density at radius 2 is 2.11 bits per heavy atom. The van der Waals surface area contributed by atoms with Crippen LogP contribution in [0.5, 0.6) is 0 Å². The van der Waals surface area contributed by atoms with Crippen molar-refractivity contribution < 1.29 is 9.53 Å². The molecule has 0 unspecified atom stereocenters. The fraction of sp³-hybridized carbons (Fsp3) is 0.500. The summed E-state index contributed by atoms with van der Waals surface area (Å²) in [7, 11) is 6.02. The molecule has 0 bridgehead atoms. The standard InChI is InChI=1S/C14H20N2O2/c1-15(2)12-6-4-5-11(9-12)10-16(3)13-7-8-18-14(13)17/h4-6,9,13H,7-8,10H2,1-3H3/t13-/m1/s1. The summed E-state index contributed by atoms with van der Waals surface area (Å²) < 4.78 is 5.00. The maximum absolute atomic E-state index is 11.5. The van der Waals surface area contributed by atoms with E-state index in [0.29, 0.717) is 6.61 Å². The van der Waals surface area contributed by atoms with Gasteiger partial charge < -0.3 is 9.64 Å². The van der Waals surface area contributed by atoms with Crippen molar-refractivity contribution in [3.63, 3.8) is 0 Å². The van der Waals surface area contributed by atoms with Crippen molar-refractivity contribution in [1.82, 2.24) is 4.90 Å². The van der Waals surface area contributed by atoms with Crippen molar-refractivity contribution in [1.29, 1.82) is 0 Å². The first-order valence-corrected chi connectivity index (χ1v) is 6.21. The molecule has 0 aliphatic carbocycles. The number of carbonyl (C=O) groups is 1. The number of nitrogens with zero attached hydrogens (tertiary/aromatic N) is 2. The Kier molecular flexibility index (Phi) is 3.87. The van der Waals surface area contributed by atoms with E-state index in [1.807, 2.05) is 27.2 Å². The molecule has 0 spiro atoms.